The summed E-state index contributed by atoms with van der Waals surface area (Å²) in [7, 11) is 0. The van der Waals surface area contributed by atoms with Crippen LogP contribution >= 0.6 is 0 Å². The highest BCUT2D eigenvalue weighted by atomic mass is 19.1. The number of rotatable bonds is 2. The van der Waals surface area contributed by atoms with Gasteiger partial charge < -0.3 is 11.1 Å². The SMILES string of the molecule is Cc1ccc(C(=O)Nc2cc(N)c(F)cc2F)cc1. The van der Waals surface area contributed by atoms with Gasteiger partial charge in [-0.25, -0.2) is 8.78 Å². The number of hydrogen-bond donors (Lipinski definition) is 2. The Kier molecular flexibility index (Phi) is 3.46. The molecule has 0 atom stereocenters. The van der Waals surface area contributed by atoms with Crippen LogP contribution in [0.15, 0.2) is 36.4 Å². The molecule has 2 aromatic rings. The molecule has 0 saturated carbocycles. The molecule has 0 bridgehead atoms. The van der Waals surface area contributed by atoms with Crippen molar-refractivity contribution in [2.75, 3.05) is 11.1 Å². The molecular weight excluding hydrogens is 250 g/mol. The maximum atomic E-state index is 13.5. The van der Waals surface area contributed by atoms with Gasteiger partial charge in [0.1, 0.15) is 11.6 Å². The fraction of sp³-hybridized carbons (Fsp3) is 0.0714. The Morgan fingerprint density at radius 2 is 1.74 bits per heavy atom. The zero-order valence-corrected chi connectivity index (χ0v) is 10.2. The first-order valence-electron chi connectivity index (χ1n) is 5.60. The van der Waals surface area contributed by atoms with Crippen LogP contribution in [0.25, 0.3) is 0 Å². The molecule has 0 saturated heterocycles. The van der Waals surface area contributed by atoms with Gasteiger partial charge in [-0.15, -0.1) is 0 Å². The largest absolute Gasteiger partial charge is 0.396 e. The third kappa shape index (κ3) is 2.88. The summed E-state index contributed by atoms with van der Waals surface area (Å²) >= 11 is 0. The lowest BCUT2D eigenvalue weighted by molar-refractivity contribution is 0.102. The molecule has 0 radical (unpaired) electrons. The lowest BCUT2D eigenvalue weighted by Gasteiger charge is -2.08. The van der Waals surface area contributed by atoms with E-state index in [0.717, 1.165) is 11.6 Å². The molecule has 3 nitrogen and oxygen atoms in total. The average Bonchev–Trinajstić information content (AvgIpc) is 2.36. The molecule has 2 aromatic carbocycles. The van der Waals surface area contributed by atoms with E-state index in [-0.39, 0.29) is 11.4 Å². The van der Waals surface area contributed by atoms with E-state index >= 15 is 0 Å². The number of carbonyl (C=O) groups excluding carboxylic acids is 1. The lowest BCUT2D eigenvalue weighted by atomic mass is 10.1. The Balaban J connectivity index is 2.24. The highest BCUT2D eigenvalue weighted by Gasteiger charge is 2.12. The minimum Gasteiger partial charge on any atom is -0.396 e. The van der Waals surface area contributed by atoms with Gasteiger partial charge in [0.15, 0.2) is 0 Å². The summed E-state index contributed by atoms with van der Waals surface area (Å²) in [6.45, 7) is 1.89. The van der Waals surface area contributed by atoms with Crippen molar-refractivity contribution in [2.24, 2.45) is 0 Å². The van der Waals surface area contributed by atoms with E-state index < -0.39 is 17.5 Å². The zero-order valence-electron chi connectivity index (χ0n) is 10.2. The van der Waals surface area contributed by atoms with Crippen LogP contribution in [-0.2, 0) is 0 Å². The van der Waals surface area contributed by atoms with Crippen LogP contribution in [0, 0.1) is 18.6 Å². The van der Waals surface area contributed by atoms with Crippen LogP contribution in [0.1, 0.15) is 15.9 Å². The smallest absolute Gasteiger partial charge is 0.255 e. The van der Waals surface area contributed by atoms with Crippen molar-refractivity contribution < 1.29 is 13.6 Å². The van der Waals surface area contributed by atoms with E-state index in [2.05, 4.69) is 5.32 Å². The zero-order chi connectivity index (χ0) is 14.0. The quantitative estimate of drug-likeness (QED) is 0.817. The maximum Gasteiger partial charge on any atom is 0.255 e. The molecule has 0 aliphatic heterocycles. The normalized spacial score (nSPS) is 10.3. The number of anilines is 2. The summed E-state index contributed by atoms with van der Waals surface area (Å²) in [6.07, 6.45) is 0. The third-order valence-corrected chi connectivity index (χ3v) is 2.65. The molecule has 0 aliphatic rings. The Bertz CT molecular complexity index is 624. The Hall–Kier alpha value is -2.43. The monoisotopic (exact) mass is 262 g/mol. The average molecular weight is 262 g/mol. The second-order valence-corrected chi connectivity index (χ2v) is 4.17. The first-order valence-corrected chi connectivity index (χ1v) is 5.60. The number of halogens is 2. The van der Waals surface area contributed by atoms with Gasteiger partial charge in [0.25, 0.3) is 5.91 Å². The number of nitrogens with one attached hydrogen (secondary N) is 1. The number of nitrogens with two attached hydrogens (primary N) is 1. The highest BCUT2D eigenvalue weighted by Crippen LogP contribution is 2.21. The van der Waals surface area contributed by atoms with Gasteiger partial charge in [0.05, 0.1) is 11.4 Å². The minimum atomic E-state index is -0.868. The molecule has 0 heterocycles. The number of hydrogen-bond acceptors (Lipinski definition) is 2. The molecule has 0 aromatic heterocycles. The van der Waals surface area contributed by atoms with E-state index in [1.54, 1.807) is 24.3 Å². The van der Waals surface area contributed by atoms with Crippen LogP contribution in [0.5, 0.6) is 0 Å². The van der Waals surface area contributed by atoms with E-state index in [9.17, 15) is 13.6 Å². The molecule has 3 N–H and O–H groups in total. The van der Waals surface area contributed by atoms with Gasteiger partial charge >= 0.3 is 0 Å². The van der Waals surface area contributed by atoms with Crippen molar-refractivity contribution in [1.82, 2.24) is 0 Å². The van der Waals surface area contributed by atoms with Gasteiger partial charge in [-0.3, -0.25) is 4.79 Å². The molecular formula is C14H12F2N2O. The van der Waals surface area contributed by atoms with Crippen LogP contribution in [-0.4, -0.2) is 5.91 Å². The predicted octanol–water partition coefficient (Wildman–Crippen LogP) is 3.11. The van der Waals surface area contributed by atoms with Crippen LogP contribution in [0.3, 0.4) is 0 Å². The fourth-order valence-corrected chi connectivity index (χ4v) is 1.56. The Morgan fingerprint density at radius 3 is 2.37 bits per heavy atom. The summed E-state index contributed by atoms with van der Waals surface area (Å²) < 4.78 is 26.4. The topological polar surface area (TPSA) is 55.1 Å². The van der Waals surface area contributed by atoms with Gasteiger partial charge in [-0.05, 0) is 25.1 Å². The van der Waals surface area contributed by atoms with E-state index in [1.165, 1.54) is 0 Å². The van der Waals surface area contributed by atoms with Crippen molar-refractivity contribution in [1.29, 1.82) is 0 Å². The van der Waals surface area contributed by atoms with Crippen LogP contribution in [0.2, 0.25) is 0 Å². The molecule has 5 heteroatoms. The molecule has 1 amide bonds. The summed E-state index contributed by atoms with van der Waals surface area (Å²) in [5.41, 5.74) is 6.35. The fourth-order valence-electron chi connectivity index (χ4n) is 1.56. The van der Waals surface area contributed by atoms with Gasteiger partial charge in [0, 0.05) is 11.6 Å². The summed E-state index contributed by atoms with van der Waals surface area (Å²) in [5.74, 6) is -2.21. The van der Waals surface area contributed by atoms with Gasteiger partial charge in [-0.2, -0.15) is 0 Å². The summed E-state index contributed by atoms with van der Waals surface area (Å²) in [4.78, 5) is 11.9. The van der Waals surface area contributed by atoms with Crippen molar-refractivity contribution in [3.8, 4) is 0 Å². The van der Waals surface area contributed by atoms with Crippen LogP contribution < -0.4 is 11.1 Å². The van der Waals surface area contributed by atoms with Crippen molar-refractivity contribution in [3.63, 3.8) is 0 Å². The molecule has 2 rings (SSSR count). The van der Waals surface area contributed by atoms with Gasteiger partial charge in [-0.1, -0.05) is 17.7 Å². The maximum absolute atomic E-state index is 13.5. The number of nitrogen functional groups attached to an aromatic ring is 1. The third-order valence-electron chi connectivity index (χ3n) is 2.65. The number of amides is 1. The predicted molar refractivity (Wildman–Crippen MR) is 69.9 cm³/mol. The van der Waals surface area contributed by atoms with Gasteiger partial charge in [0.2, 0.25) is 0 Å². The molecule has 0 aliphatic carbocycles. The van der Waals surface area contributed by atoms with Crippen LogP contribution in [0.4, 0.5) is 20.2 Å². The second kappa shape index (κ2) is 5.06. The first kappa shape index (κ1) is 13.0. The lowest BCUT2D eigenvalue weighted by Crippen LogP contribution is -2.13. The Labute approximate surface area is 109 Å². The van der Waals surface area contributed by atoms with Crippen molar-refractivity contribution in [2.45, 2.75) is 6.92 Å². The second-order valence-electron chi connectivity index (χ2n) is 4.17. The van der Waals surface area contributed by atoms with E-state index in [1.807, 2.05) is 6.92 Å². The Morgan fingerprint density at radius 1 is 1.11 bits per heavy atom. The molecule has 0 unspecified atom stereocenters. The molecule has 0 fully saturated rings. The number of carbonyl (C=O) groups is 1. The van der Waals surface area contributed by atoms with E-state index in [0.29, 0.717) is 11.6 Å². The molecule has 0 spiro atoms. The molecule has 98 valence electrons. The highest BCUT2D eigenvalue weighted by molar-refractivity contribution is 6.04. The first-order chi connectivity index (χ1) is 8.97. The standard InChI is InChI=1S/C14H12F2N2O/c1-8-2-4-9(5-3-8)14(19)18-13-7-12(17)10(15)6-11(13)16/h2-7H,17H2,1H3,(H,18,19). The number of aryl methyl sites for hydroxylation is 1. The number of benzene rings is 2. The minimum absolute atomic E-state index is 0.149. The van der Waals surface area contributed by atoms with Crippen molar-refractivity contribution in [3.05, 3.63) is 59.2 Å². The summed E-state index contributed by atoms with van der Waals surface area (Å²) in [6, 6.07) is 8.47. The van der Waals surface area contributed by atoms with E-state index in [4.69, 9.17) is 5.73 Å². The molecule has 19 heavy (non-hydrogen) atoms. The van der Waals surface area contributed by atoms with Crippen molar-refractivity contribution >= 4 is 17.3 Å². The summed E-state index contributed by atoms with van der Waals surface area (Å²) in [5, 5.41) is 2.35.